The summed E-state index contributed by atoms with van der Waals surface area (Å²) in [6, 6.07) is 6.70. The van der Waals surface area contributed by atoms with E-state index in [0.29, 0.717) is 27.1 Å². The minimum absolute atomic E-state index is 0.176. The standard InChI is InChI=1S/C18H18Cl2N6O3/c1-10-15(20)11(2)26(24-10)9-14-23-18(29-25-14)17(28)22-8-7-21-16(27)12-5-3-4-6-13(12)19/h3-6H,7-9H2,1-2H3,(H,21,27)(H,22,28). The molecule has 9 nitrogen and oxygen atoms in total. The largest absolute Gasteiger partial charge is 0.350 e. The van der Waals surface area contributed by atoms with Crippen molar-refractivity contribution in [2.45, 2.75) is 20.4 Å². The van der Waals surface area contributed by atoms with Crippen LogP contribution in [0.5, 0.6) is 0 Å². The summed E-state index contributed by atoms with van der Waals surface area (Å²) in [6.45, 7) is 4.24. The molecule has 2 N–H and O–H groups in total. The van der Waals surface area contributed by atoms with Crippen LogP contribution in [0.1, 0.15) is 38.3 Å². The minimum Gasteiger partial charge on any atom is -0.350 e. The van der Waals surface area contributed by atoms with Gasteiger partial charge in [-0.1, -0.05) is 40.5 Å². The van der Waals surface area contributed by atoms with Crippen molar-refractivity contribution in [2.24, 2.45) is 0 Å². The van der Waals surface area contributed by atoms with Crippen LogP contribution in [-0.4, -0.2) is 44.8 Å². The van der Waals surface area contributed by atoms with E-state index in [-0.39, 0.29) is 31.4 Å². The first-order valence-corrected chi connectivity index (χ1v) is 9.45. The summed E-state index contributed by atoms with van der Waals surface area (Å²) >= 11 is 12.1. The first-order chi connectivity index (χ1) is 13.9. The summed E-state index contributed by atoms with van der Waals surface area (Å²) < 4.78 is 6.62. The summed E-state index contributed by atoms with van der Waals surface area (Å²) in [6.07, 6.45) is 0. The van der Waals surface area contributed by atoms with Gasteiger partial charge in [-0.3, -0.25) is 14.3 Å². The molecule has 3 aromatic rings. The summed E-state index contributed by atoms with van der Waals surface area (Å²) in [4.78, 5) is 28.2. The normalized spacial score (nSPS) is 10.8. The van der Waals surface area contributed by atoms with Crippen molar-refractivity contribution >= 4 is 35.0 Å². The molecule has 2 amide bonds. The van der Waals surface area contributed by atoms with E-state index >= 15 is 0 Å². The van der Waals surface area contributed by atoms with E-state index in [0.717, 1.165) is 5.69 Å². The lowest BCUT2D eigenvalue weighted by Crippen LogP contribution is -2.34. The number of carbonyl (C=O) groups is 2. The Hall–Kier alpha value is -2.91. The van der Waals surface area contributed by atoms with Gasteiger partial charge in [-0.25, -0.2) is 0 Å². The number of rotatable bonds is 7. The lowest BCUT2D eigenvalue weighted by atomic mass is 10.2. The van der Waals surface area contributed by atoms with Crippen molar-refractivity contribution in [1.82, 2.24) is 30.6 Å². The fourth-order valence-corrected chi connectivity index (χ4v) is 2.90. The highest BCUT2D eigenvalue weighted by molar-refractivity contribution is 6.33. The number of halogens is 2. The van der Waals surface area contributed by atoms with Crippen molar-refractivity contribution in [3.63, 3.8) is 0 Å². The van der Waals surface area contributed by atoms with Gasteiger partial charge >= 0.3 is 11.8 Å². The van der Waals surface area contributed by atoms with Crippen molar-refractivity contribution < 1.29 is 14.1 Å². The smallest absolute Gasteiger partial charge is 0.316 e. The monoisotopic (exact) mass is 436 g/mol. The summed E-state index contributed by atoms with van der Waals surface area (Å²) in [5.74, 6) is -0.745. The Morgan fingerprint density at radius 1 is 1.10 bits per heavy atom. The Bertz CT molecular complexity index is 1050. The SMILES string of the molecule is Cc1nn(Cc2noc(C(=O)NCCNC(=O)c3ccccc3Cl)n2)c(C)c1Cl. The number of benzene rings is 1. The molecule has 0 fully saturated rings. The predicted molar refractivity (Wildman–Crippen MR) is 106 cm³/mol. The van der Waals surface area contributed by atoms with Crippen molar-refractivity contribution in [2.75, 3.05) is 13.1 Å². The quantitative estimate of drug-likeness (QED) is 0.549. The van der Waals surface area contributed by atoms with Crippen LogP contribution in [0.4, 0.5) is 0 Å². The van der Waals surface area contributed by atoms with E-state index in [1.165, 1.54) is 0 Å². The van der Waals surface area contributed by atoms with Gasteiger partial charge in [-0.05, 0) is 26.0 Å². The molecular weight excluding hydrogens is 419 g/mol. The summed E-state index contributed by atoms with van der Waals surface area (Å²) in [5.41, 5.74) is 1.84. The van der Waals surface area contributed by atoms with Crippen LogP contribution < -0.4 is 10.6 Å². The highest BCUT2D eigenvalue weighted by Gasteiger charge is 2.17. The maximum Gasteiger partial charge on any atom is 0.316 e. The molecule has 0 aliphatic carbocycles. The first-order valence-electron chi connectivity index (χ1n) is 8.70. The Balaban J connectivity index is 1.48. The van der Waals surface area contributed by atoms with Crippen molar-refractivity contribution in [3.8, 4) is 0 Å². The van der Waals surface area contributed by atoms with E-state index < -0.39 is 5.91 Å². The zero-order chi connectivity index (χ0) is 21.0. The lowest BCUT2D eigenvalue weighted by molar-refractivity contribution is 0.0898. The van der Waals surface area contributed by atoms with E-state index in [9.17, 15) is 9.59 Å². The second-order valence-corrected chi connectivity index (χ2v) is 6.94. The van der Waals surface area contributed by atoms with Gasteiger partial charge in [0, 0.05) is 13.1 Å². The molecule has 0 atom stereocenters. The van der Waals surface area contributed by atoms with E-state index in [1.807, 2.05) is 6.92 Å². The third kappa shape index (κ3) is 4.93. The maximum atomic E-state index is 12.1. The fourth-order valence-electron chi connectivity index (χ4n) is 2.54. The van der Waals surface area contributed by atoms with Crippen LogP contribution in [0.25, 0.3) is 0 Å². The summed E-state index contributed by atoms with van der Waals surface area (Å²) in [5, 5.41) is 14.3. The molecule has 2 aromatic heterocycles. The molecule has 0 aliphatic heterocycles. The first kappa shape index (κ1) is 20.8. The number of nitrogens with zero attached hydrogens (tertiary/aromatic N) is 4. The van der Waals surface area contributed by atoms with Gasteiger partial charge in [0.05, 0.1) is 27.0 Å². The molecule has 0 aliphatic rings. The average Bonchev–Trinajstić information content (AvgIpc) is 3.26. The van der Waals surface area contributed by atoms with E-state index in [4.69, 9.17) is 27.7 Å². The van der Waals surface area contributed by atoms with Gasteiger partial charge in [0.2, 0.25) is 0 Å². The maximum absolute atomic E-state index is 12.1. The molecule has 11 heteroatoms. The van der Waals surface area contributed by atoms with Gasteiger partial charge < -0.3 is 15.2 Å². The second-order valence-electron chi connectivity index (χ2n) is 6.15. The van der Waals surface area contributed by atoms with E-state index in [2.05, 4.69) is 25.9 Å². The van der Waals surface area contributed by atoms with Crippen LogP contribution in [0.15, 0.2) is 28.8 Å². The zero-order valence-corrected chi connectivity index (χ0v) is 17.2. The van der Waals surface area contributed by atoms with Crippen LogP contribution in [0.2, 0.25) is 10.0 Å². The third-order valence-corrected chi connectivity index (χ3v) is 4.94. The topological polar surface area (TPSA) is 115 Å². The van der Waals surface area contributed by atoms with Crippen molar-refractivity contribution in [1.29, 1.82) is 0 Å². The minimum atomic E-state index is -0.540. The van der Waals surface area contributed by atoms with Crippen LogP contribution in [0, 0.1) is 13.8 Å². The summed E-state index contributed by atoms with van der Waals surface area (Å²) in [7, 11) is 0. The average molecular weight is 437 g/mol. The van der Waals surface area contributed by atoms with E-state index in [1.54, 1.807) is 35.9 Å². The molecule has 152 valence electrons. The molecular formula is C18H18Cl2N6O3. The Kier molecular flexibility index (Phi) is 6.50. The van der Waals surface area contributed by atoms with Crippen LogP contribution >= 0.6 is 23.2 Å². The Morgan fingerprint density at radius 2 is 1.79 bits per heavy atom. The number of amides is 2. The van der Waals surface area contributed by atoms with Gasteiger partial charge in [0.1, 0.15) is 6.54 Å². The van der Waals surface area contributed by atoms with Crippen LogP contribution in [-0.2, 0) is 6.54 Å². The van der Waals surface area contributed by atoms with Gasteiger partial charge in [-0.15, -0.1) is 0 Å². The number of nitrogens with one attached hydrogen (secondary N) is 2. The van der Waals surface area contributed by atoms with Crippen molar-refractivity contribution in [3.05, 3.63) is 63.0 Å². The molecule has 0 unspecified atom stereocenters. The molecule has 1 aromatic carbocycles. The molecule has 2 heterocycles. The van der Waals surface area contributed by atoms with Gasteiger partial charge in [0.25, 0.3) is 5.91 Å². The molecule has 0 saturated carbocycles. The number of aryl methyl sites for hydroxylation is 1. The number of hydrogen-bond acceptors (Lipinski definition) is 6. The number of aromatic nitrogens is 4. The second kappa shape index (κ2) is 9.06. The molecule has 0 spiro atoms. The predicted octanol–water partition coefficient (Wildman–Crippen LogP) is 2.40. The molecule has 3 rings (SSSR count). The fraction of sp³-hybridized carbons (Fsp3) is 0.278. The zero-order valence-electron chi connectivity index (χ0n) is 15.7. The molecule has 0 saturated heterocycles. The molecule has 0 bridgehead atoms. The third-order valence-electron chi connectivity index (χ3n) is 4.06. The molecule has 0 radical (unpaired) electrons. The van der Waals surface area contributed by atoms with Gasteiger partial charge in [-0.2, -0.15) is 10.1 Å². The highest BCUT2D eigenvalue weighted by atomic mass is 35.5. The highest BCUT2D eigenvalue weighted by Crippen LogP contribution is 2.19. The number of hydrogen-bond donors (Lipinski definition) is 2. The molecule has 29 heavy (non-hydrogen) atoms. The Labute approximate surface area is 176 Å². The van der Waals surface area contributed by atoms with Crippen LogP contribution in [0.3, 0.4) is 0 Å². The van der Waals surface area contributed by atoms with Gasteiger partial charge in [0.15, 0.2) is 5.82 Å². The number of carbonyl (C=O) groups excluding carboxylic acids is 2. The lowest BCUT2D eigenvalue weighted by Gasteiger charge is -2.06. The Morgan fingerprint density at radius 3 is 2.45 bits per heavy atom.